The van der Waals surface area contributed by atoms with E-state index in [9.17, 15) is 35.2 Å². The van der Waals surface area contributed by atoms with Crippen LogP contribution in [0.25, 0.3) is 16.8 Å². The molecule has 0 bridgehead atoms. The molecule has 2 amide bonds. The van der Waals surface area contributed by atoms with Crippen molar-refractivity contribution >= 4 is 45.9 Å². The van der Waals surface area contributed by atoms with Gasteiger partial charge in [0.05, 0.1) is 28.1 Å². The van der Waals surface area contributed by atoms with Crippen LogP contribution >= 0.6 is 0 Å². The van der Waals surface area contributed by atoms with E-state index in [2.05, 4.69) is 24.9 Å². The number of hydrogen-bond donors (Lipinski definition) is 3. The molecule has 6 atom stereocenters. The van der Waals surface area contributed by atoms with Crippen LogP contribution in [0.3, 0.4) is 0 Å². The quantitative estimate of drug-likeness (QED) is 0.0117. The molecule has 5 aromatic rings. The minimum atomic E-state index is -1.66. The molecule has 1 saturated carbocycles. The van der Waals surface area contributed by atoms with Crippen molar-refractivity contribution in [3.63, 3.8) is 0 Å². The number of aliphatic hydroxyl groups excluding tert-OH is 2. The second-order valence-corrected chi connectivity index (χ2v) is 22.3. The number of aliphatic hydroxyl groups is 2. The van der Waals surface area contributed by atoms with E-state index in [-0.39, 0.29) is 62.6 Å². The third kappa shape index (κ3) is 15.9. The second kappa shape index (κ2) is 31.2. The summed E-state index contributed by atoms with van der Waals surface area (Å²) in [6.07, 6.45) is 22.1. The van der Waals surface area contributed by atoms with Crippen molar-refractivity contribution in [2.24, 2.45) is 22.9 Å². The molecule has 2 aliphatic carbocycles. The summed E-state index contributed by atoms with van der Waals surface area (Å²) >= 11 is 0. The molecule has 17 nitrogen and oxygen atoms in total. The molecule has 3 aliphatic rings. The largest absolute Gasteiger partial charge is 0.459 e. The van der Waals surface area contributed by atoms with Crippen LogP contribution in [0.2, 0.25) is 0 Å². The van der Waals surface area contributed by atoms with Gasteiger partial charge in [0, 0.05) is 74.5 Å². The first-order valence-corrected chi connectivity index (χ1v) is 30.1. The van der Waals surface area contributed by atoms with E-state index in [4.69, 9.17) is 24.2 Å². The van der Waals surface area contributed by atoms with E-state index in [1.807, 2.05) is 48.5 Å². The number of amides is 2. The zero-order valence-electron chi connectivity index (χ0n) is 48.3. The molecule has 1 heterocycles. The minimum Gasteiger partial charge on any atom is -0.459 e. The van der Waals surface area contributed by atoms with E-state index in [1.54, 1.807) is 53.5 Å². The summed E-state index contributed by atoms with van der Waals surface area (Å²) in [5, 5.41) is 53.3. The van der Waals surface area contributed by atoms with Gasteiger partial charge in [-0.3, -0.25) is 25.0 Å². The molecule has 8 rings (SSSR count). The number of fused-ring (bicyclic) bond motifs is 3. The number of carbonyl (C=O) groups is 2. The maximum Gasteiger partial charge on any atom is 0.412 e. The normalized spacial score (nSPS) is 20.1. The molecule has 0 radical (unpaired) electrons. The third-order valence-corrected chi connectivity index (χ3v) is 16.6. The zero-order valence-corrected chi connectivity index (χ0v) is 48.3. The number of oxime groups is 1. The molecule has 17 heteroatoms. The van der Waals surface area contributed by atoms with Gasteiger partial charge in [-0.15, -0.1) is 6.58 Å². The van der Waals surface area contributed by atoms with Crippen molar-refractivity contribution in [2.45, 2.75) is 147 Å². The van der Waals surface area contributed by atoms with Crippen LogP contribution < -0.4 is 14.8 Å². The van der Waals surface area contributed by atoms with Gasteiger partial charge in [0.25, 0.3) is 11.4 Å². The number of hydrogen-bond acceptors (Lipinski definition) is 13. The van der Waals surface area contributed by atoms with Crippen LogP contribution in [0.15, 0.2) is 145 Å². The van der Waals surface area contributed by atoms with Gasteiger partial charge in [0.2, 0.25) is 11.7 Å². The molecule has 1 fully saturated rings. The number of nitro benzene ring substituents is 2. The van der Waals surface area contributed by atoms with Gasteiger partial charge in [-0.2, -0.15) is 0 Å². The number of nitrogens with zero attached hydrogens (tertiary/aromatic N) is 4. The van der Waals surface area contributed by atoms with E-state index in [1.165, 1.54) is 75.3 Å². The number of unbranched alkanes of at least 4 members (excludes halogenated alkanes) is 11. The first-order chi connectivity index (χ1) is 41.0. The summed E-state index contributed by atoms with van der Waals surface area (Å²) in [7, 11) is 0. The number of carbonyl (C=O) groups excluding carboxylic acids is 2. The van der Waals surface area contributed by atoms with Gasteiger partial charge in [-0.1, -0.05) is 137 Å². The highest BCUT2D eigenvalue weighted by molar-refractivity contribution is 6.03. The molecule has 0 spiro atoms. The Balaban J connectivity index is 1.24. The highest BCUT2D eigenvalue weighted by Crippen LogP contribution is 2.62. The van der Waals surface area contributed by atoms with Crippen LogP contribution in [0.5, 0.6) is 11.5 Å². The molecule has 446 valence electrons. The van der Waals surface area contributed by atoms with E-state index >= 15 is 4.79 Å². The number of non-ortho nitro benzene ring substituents is 2. The topological polar surface area (TPSA) is 225 Å². The first-order valence-electron chi connectivity index (χ1n) is 30.1. The van der Waals surface area contributed by atoms with Gasteiger partial charge >= 0.3 is 6.09 Å². The van der Waals surface area contributed by atoms with Crippen molar-refractivity contribution in [3.05, 3.63) is 182 Å². The summed E-state index contributed by atoms with van der Waals surface area (Å²) in [6.45, 7) is 6.85. The van der Waals surface area contributed by atoms with Crippen LogP contribution in [0, 0.1) is 38.0 Å². The van der Waals surface area contributed by atoms with Crippen LogP contribution in [0.4, 0.5) is 16.2 Å². The van der Waals surface area contributed by atoms with Crippen LogP contribution in [-0.2, 0) is 27.5 Å². The Kier molecular flexibility index (Phi) is 23.2. The summed E-state index contributed by atoms with van der Waals surface area (Å²) in [5.41, 5.74) is 3.96. The Labute approximate surface area is 492 Å². The van der Waals surface area contributed by atoms with Crippen molar-refractivity contribution in [1.29, 1.82) is 0 Å². The molecule has 5 aromatic carbocycles. The average Bonchev–Trinajstić information content (AvgIpc) is 0.773. The predicted octanol–water partition coefficient (Wildman–Crippen LogP) is 14.2. The fourth-order valence-electron chi connectivity index (χ4n) is 12.5. The Morgan fingerprint density at radius 1 is 0.810 bits per heavy atom. The number of rotatable bonds is 33. The van der Waals surface area contributed by atoms with Crippen molar-refractivity contribution in [2.75, 3.05) is 26.4 Å². The van der Waals surface area contributed by atoms with E-state index < -0.39 is 45.5 Å². The Morgan fingerprint density at radius 3 is 2.17 bits per heavy atom. The third-order valence-electron chi connectivity index (χ3n) is 16.6. The maximum absolute atomic E-state index is 15.6. The van der Waals surface area contributed by atoms with Crippen LogP contribution in [-0.4, -0.2) is 80.9 Å². The standard InChI is InChI=1S/C67H81N5O12/c1-3-5-6-7-8-9-10-11-12-17-39-68-66(76)83-55-36-37-61-59(44-55)64-57(26-16-19-41-74)51(22-15-18-40-73)43-58-60(69-82-47-49-29-34-54(35-30-49)72(79)80)45-62(67(84-61,65(58)64)81-42-4-2)70(46-52-24-20-23-50-21-13-14-25-56(50)52)63(75)38-31-48-27-32-53(33-28-48)71(77)78/h4,13-14,20-21,23-25,27-38,43-44,51,57,62,64-65,73-74H,2-3,5-12,15-19,22,26,39-42,45-47H2,1H3,(H,68,76)/t51-,57+,62-,64+,65+,67+/m0/s1. The van der Waals surface area contributed by atoms with E-state index in [0.29, 0.717) is 73.4 Å². The van der Waals surface area contributed by atoms with Gasteiger partial charge in [-0.05, 0) is 126 Å². The van der Waals surface area contributed by atoms with Gasteiger partial charge < -0.3 is 39.5 Å². The Morgan fingerprint density at radius 2 is 1.48 bits per heavy atom. The lowest BCUT2D eigenvalue weighted by atomic mass is 9.55. The highest BCUT2D eigenvalue weighted by Gasteiger charge is 2.65. The van der Waals surface area contributed by atoms with Gasteiger partial charge in [0.1, 0.15) is 24.1 Å². The molecule has 0 saturated heterocycles. The maximum atomic E-state index is 15.6. The monoisotopic (exact) mass is 1150 g/mol. The molecular weight excluding hydrogens is 1070 g/mol. The van der Waals surface area contributed by atoms with Gasteiger partial charge in [0.15, 0.2) is 0 Å². The van der Waals surface area contributed by atoms with Crippen molar-refractivity contribution in [3.8, 4) is 11.5 Å². The SMILES string of the molecule is C=CCO[C@@]12Oc3ccc(OC(=O)NCCCCCCCCCCCC)cc3[C@H]3[C@H](CCCCO)[C@@H](CCCCO)C=C(C(=NOCc4ccc([N+](=O)[O-])cc4)C[C@@H]1N(Cc1cccc4ccccc14)C(=O)C=Cc1ccc([N+](=O)[O-])cc1)[C@H]32. The number of nitro groups is 2. The fourth-order valence-corrected chi connectivity index (χ4v) is 12.5. The average molecular weight is 1150 g/mol. The molecule has 0 aromatic heterocycles. The van der Waals surface area contributed by atoms with Crippen molar-refractivity contribution < 1.29 is 48.7 Å². The fraction of sp³-hybridized carbons (Fsp3) is 0.448. The number of benzene rings is 5. The number of ether oxygens (including phenoxy) is 3. The highest BCUT2D eigenvalue weighted by atomic mass is 16.7. The molecule has 0 unspecified atom stereocenters. The lowest BCUT2D eigenvalue weighted by Gasteiger charge is -2.60. The smallest absolute Gasteiger partial charge is 0.412 e. The van der Waals surface area contributed by atoms with Crippen LogP contribution in [0.1, 0.15) is 144 Å². The lowest BCUT2D eigenvalue weighted by molar-refractivity contribution is -0.385. The Bertz CT molecular complexity index is 3100. The predicted molar refractivity (Wildman–Crippen MR) is 325 cm³/mol. The molecule has 1 aliphatic heterocycles. The Hall–Kier alpha value is -7.73. The zero-order chi connectivity index (χ0) is 59.3. The van der Waals surface area contributed by atoms with E-state index in [0.717, 1.165) is 46.7 Å². The molecule has 84 heavy (non-hydrogen) atoms. The molecular formula is C67H81N5O12. The lowest BCUT2D eigenvalue weighted by Crippen LogP contribution is -2.70. The number of allylic oxidation sites excluding steroid dienone is 1. The number of nitrogens with one attached hydrogen (secondary N) is 1. The summed E-state index contributed by atoms with van der Waals surface area (Å²) in [6, 6.07) is 30.3. The summed E-state index contributed by atoms with van der Waals surface area (Å²) in [4.78, 5) is 59.5. The first kappa shape index (κ1) is 62.3. The summed E-state index contributed by atoms with van der Waals surface area (Å²) in [5.74, 6) is -2.67. The van der Waals surface area contributed by atoms with Gasteiger partial charge in [-0.25, -0.2) is 4.79 Å². The van der Waals surface area contributed by atoms with Crippen molar-refractivity contribution in [1.82, 2.24) is 10.2 Å². The molecule has 3 N–H and O–H groups in total. The minimum absolute atomic E-state index is 0.000991. The summed E-state index contributed by atoms with van der Waals surface area (Å²) < 4.78 is 20.9. The second-order valence-electron chi connectivity index (χ2n) is 22.3.